The number of hydrogen-bond acceptors (Lipinski definition) is 3. The molecule has 0 spiro atoms. The molecule has 0 unspecified atom stereocenters. The molecular formula is C19H29IN6. The zero-order valence-corrected chi connectivity index (χ0v) is 17.8. The van der Waals surface area contributed by atoms with Crippen LogP contribution in [-0.4, -0.2) is 64.6 Å². The molecule has 0 amide bonds. The van der Waals surface area contributed by atoms with Crippen LogP contribution in [-0.2, 0) is 13.1 Å². The summed E-state index contributed by atoms with van der Waals surface area (Å²) in [5, 5.41) is 3.43. The summed E-state index contributed by atoms with van der Waals surface area (Å²) >= 11 is 0. The highest BCUT2D eigenvalue weighted by atomic mass is 127. The standard InChI is InChI=1S/C19H28N6.HI/c1-2-21-19(22-9-11-24-10-8-20-17-24)25-14-12-23(13-15-25)16-18-6-4-3-5-7-18;/h3-8,10,17H,2,9,11-16H2,1H3,(H,21,22);1H. The average Bonchev–Trinajstić information content (AvgIpc) is 3.16. The van der Waals surface area contributed by atoms with E-state index in [0.717, 1.165) is 58.3 Å². The number of aromatic nitrogens is 2. The first-order chi connectivity index (χ1) is 12.3. The van der Waals surface area contributed by atoms with Gasteiger partial charge in [-0.1, -0.05) is 30.3 Å². The quantitative estimate of drug-likeness (QED) is 0.402. The van der Waals surface area contributed by atoms with E-state index in [-0.39, 0.29) is 24.0 Å². The molecule has 0 saturated carbocycles. The Kier molecular flexibility index (Phi) is 8.90. The Hall–Kier alpha value is -1.61. The van der Waals surface area contributed by atoms with Crippen LogP contribution >= 0.6 is 24.0 Å². The van der Waals surface area contributed by atoms with Gasteiger partial charge in [0.1, 0.15) is 0 Å². The van der Waals surface area contributed by atoms with Crippen molar-refractivity contribution in [1.82, 2.24) is 24.7 Å². The summed E-state index contributed by atoms with van der Waals surface area (Å²) in [4.78, 5) is 13.7. The van der Waals surface area contributed by atoms with Gasteiger partial charge < -0.3 is 14.8 Å². The van der Waals surface area contributed by atoms with Crippen molar-refractivity contribution < 1.29 is 0 Å². The maximum absolute atomic E-state index is 4.79. The number of rotatable bonds is 6. The third-order valence-electron chi connectivity index (χ3n) is 4.43. The number of nitrogens with zero attached hydrogens (tertiary/aromatic N) is 5. The molecule has 1 aliphatic rings. The number of imidazole rings is 1. The molecule has 0 aliphatic carbocycles. The molecule has 1 aromatic heterocycles. The number of benzene rings is 1. The van der Waals surface area contributed by atoms with Gasteiger partial charge in [-0.3, -0.25) is 9.89 Å². The van der Waals surface area contributed by atoms with Crippen LogP contribution in [0.4, 0.5) is 0 Å². The van der Waals surface area contributed by atoms with Crippen LogP contribution in [0.15, 0.2) is 54.0 Å². The van der Waals surface area contributed by atoms with Gasteiger partial charge in [0, 0.05) is 58.2 Å². The van der Waals surface area contributed by atoms with Gasteiger partial charge in [-0.05, 0) is 12.5 Å². The summed E-state index contributed by atoms with van der Waals surface area (Å²) in [6, 6.07) is 10.7. The van der Waals surface area contributed by atoms with E-state index in [2.05, 4.69) is 61.9 Å². The lowest BCUT2D eigenvalue weighted by Crippen LogP contribution is -2.52. The molecule has 1 aliphatic heterocycles. The minimum Gasteiger partial charge on any atom is -0.357 e. The first kappa shape index (κ1) is 20.7. The molecule has 7 heteroatoms. The minimum atomic E-state index is 0. The van der Waals surface area contributed by atoms with Gasteiger partial charge in [-0.25, -0.2) is 4.98 Å². The second-order valence-electron chi connectivity index (χ2n) is 6.28. The first-order valence-corrected chi connectivity index (χ1v) is 9.10. The summed E-state index contributed by atoms with van der Waals surface area (Å²) in [7, 11) is 0. The summed E-state index contributed by atoms with van der Waals surface area (Å²) in [5.74, 6) is 1.03. The fourth-order valence-electron chi connectivity index (χ4n) is 3.08. The zero-order chi connectivity index (χ0) is 17.3. The molecule has 0 atom stereocenters. The SMILES string of the molecule is CCNC(=NCCn1ccnc1)N1CCN(Cc2ccccc2)CC1.I. The summed E-state index contributed by atoms with van der Waals surface area (Å²) < 4.78 is 2.06. The van der Waals surface area contributed by atoms with Crippen LogP contribution in [0.1, 0.15) is 12.5 Å². The Morgan fingerprint density at radius 2 is 1.92 bits per heavy atom. The average molecular weight is 468 g/mol. The molecule has 26 heavy (non-hydrogen) atoms. The number of hydrogen-bond donors (Lipinski definition) is 1. The van der Waals surface area contributed by atoms with Crippen LogP contribution in [0.2, 0.25) is 0 Å². The highest BCUT2D eigenvalue weighted by molar-refractivity contribution is 14.0. The number of piperazine rings is 1. The van der Waals surface area contributed by atoms with Gasteiger partial charge in [0.15, 0.2) is 5.96 Å². The molecule has 1 saturated heterocycles. The number of halogens is 1. The molecule has 2 heterocycles. The fourth-order valence-corrected chi connectivity index (χ4v) is 3.08. The Morgan fingerprint density at radius 1 is 1.15 bits per heavy atom. The number of aliphatic imine (C=N–C) groups is 1. The van der Waals surface area contributed by atoms with Gasteiger partial charge in [-0.2, -0.15) is 0 Å². The van der Waals surface area contributed by atoms with E-state index in [4.69, 9.17) is 4.99 Å². The normalized spacial score (nSPS) is 15.6. The zero-order valence-electron chi connectivity index (χ0n) is 15.4. The second kappa shape index (κ2) is 11.2. The Balaban J connectivity index is 0.00000243. The summed E-state index contributed by atoms with van der Waals surface area (Å²) in [6.07, 6.45) is 5.62. The van der Waals surface area contributed by atoms with Crippen LogP contribution in [0.25, 0.3) is 0 Å². The monoisotopic (exact) mass is 468 g/mol. The maximum Gasteiger partial charge on any atom is 0.194 e. The third kappa shape index (κ3) is 6.28. The summed E-state index contributed by atoms with van der Waals surface area (Å²) in [6.45, 7) is 9.86. The molecule has 1 aromatic carbocycles. The largest absolute Gasteiger partial charge is 0.357 e. The Morgan fingerprint density at radius 3 is 2.58 bits per heavy atom. The fraction of sp³-hybridized carbons (Fsp3) is 0.474. The highest BCUT2D eigenvalue weighted by Crippen LogP contribution is 2.08. The van der Waals surface area contributed by atoms with Gasteiger partial charge in [0.05, 0.1) is 12.9 Å². The van der Waals surface area contributed by atoms with Crippen molar-refractivity contribution >= 4 is 29.9 Å². The lowest BCUT2D eigenvalue weighted by atomic mass is 10.2. The van der Waals surface area contributed by atoms with E-state index in [1.165, 1.54) is 5.56 Å². The van der Waals surface area contributed by atoms with Gasteiger partial charge >= 0.3 is 0 Å². The van der Waals surface area contributed by atoms with Crippen LogP contribution < -0.4 is 5.32 Å². The van der Waals surface area contributed by atoms with Crippen molar-refractivity contribution in [3.05, 3.63) is 54.6 Å². The molecular weight excluding hydrogens is 439 g/mol. The van der Waals surface area contributed by atoms with Crippen molar-refractivity contribution in [2.45, 2.75) is 20.0 Å². The van der Waals surface area contributed by atoms with Crippen LogP contribution in [0.5, 0.6) is 0 Å². The van der Waals surface area contributed by atoms with Crippen molar-refractivity contribution in [2.24, 2.45) is 4.99 Å². The van der Waals surface area contributed by atoms with E-state index in [1.807, 2.05) is 12.5 Å². The van der Waals surface area contributed by atoms with Crippen LogP contribution in [0, 0.1) is 0 Å². The van der Waals surface area contributed by atoms with E-state index >= 15 is 0 Å². The number of nitrogens with one attached hydrogen (secondary N) is 1. The maximum atomic E-state index is 4.79. The molecule has 1 fully saturated rings. The van der Waals surface area contributed by atoms with E-state index in [9.17, 15) is 0 Å². The molecule has 142 valence electrons. The first-order valence-electron chi connectivity index (χ1n) is 9.10. The lowest BCUT2D eigenvalue weighted by Gasteiger charge is -2.36. The predicted octanol–water partition coefficient (Wildman–Crippen LogP) is 2.28. The lowest BCUT2D eigenvalue weighted by molar-refractivity contribution is 0.172. The highest BCUT2D eigenvalue weighted by Gasteiger charge is 2.19. The molecule has 2 aromatic rings. The third-order valence-corrected chi connectivity index (χ3v) is 4.43. The topological polar surface area (TPSA) is 48.7 Å². The molecule has 3 rings (SSSR count). The second-order valence-corrected chi connectivity index (χ2v) is 6.28. The van der Waals surface area contributed by atoms with Crippen molar-refractivity contribution in [1.29, 1.82) is 0 Å². The van der Waals surface area contributed by atoms with Crippen molar-refractivity contribution in [3.8, 4) is 0 Å². The molecule has 0 bridgehead atoms. The minimum absolute atomic E-state index is 0. The molecule has 6 nitrogen and oxygen atoms in total. The molecule has 1 N–H and O–H groups in total. The van der Waals surface area contributed by atoms with Crippen LogP contribution in [0.3, 0.4) is 0 Å². The number of guanidine groups is 1. The Labute approximate surface area is 173 Å². The van der Waals surface area contributed by atoms with E-state index < -0.39 is 0 Å². The smallest absolute Gasteiger partial charge is 0.194 e. The van der Waals surface area contributed by atoms with Gasteiger partial charge in [-0.15, -0.1) is 24.0 Å². The van der Waals surface area contributed by atoms with Crippen molar-refractivity contribution in [3.63, 3.8) is 0 Å². The van der Waals surface area contributed by atoms with Gasteiger partial charge in [0.2, 0.25) is 0 Å². The van der Waals surface area contributed by atoms with E-state index in [0.29, 0.717) is 0 Å². The van der Waals surface area contributed by atoms with E-state index in [1.54, 1.807) is 6.20 Å². The van der Waals surface area contributed by atoms with Crippen molar-refractivity contribution in [2.75, 3.05) is 39.3 Å². The van der Waals surface area contributed by atoms with Gasteiger partial charge in [0.25, 0.3) is 0 Å². The predicted molar refractivity (Wildman–Crippen MR) is 117 cm³/mol. The molecule has 0 radical (unpaired) electrons. The summed E-state index contributed by atoms with van der Waals surface area (Å²) in [5.41, 5.74) is 1.39. The Bertz CT molecular complexity index is 635.